The Morgan fingerprint density at radius 1 is 1.21 bits per heavy atom. The molecule has 0 aliphatic heterocycles. The number of halogens is 1. The highest BCUT2D eigenvalue weighted by Gasteiger charge is 2.08. The molecule has 0 heterocycles. The van der Waals surface area contributed by atoms with E-state index in [1.165, 1.54) is 0 Å². The van der Waals surface area contributed by atoms with Gasteiger partial charge < -0.3 is 15.9 Å². The number of hydrogen-bond donors (Lipinski definition) is 3. The molecule has 0 saturated carbocycles. The minimum atomic E-state index is -1.34. The SMILES string of the molecule is N[C@@H](Cc1ccc(Cl)cc1)CC(O)O. The fourth-order valence-corrected chi connectivity index (χ4v) is 1.40. The summed E-state index contributed by atoms with van der Waals surface area (Å²) in [5, 5.41) is 18.1. The van der Waals surface area contributed by atoms with Crippen molar-refractivity contribution in [3.8, 4) is 0 Å². The third-order valence-electron chi connectivity index (χ3n) is 1.92. The molecule has 1 rings (SSSR count). The second kappa shape index (κ2) is 5.32. The zero-order valence-corrected chi connectivity index (χ0v) is 8.48. The molecule has 0 spiro atoms. The van der Waals surface area contributed by atoms with Crippen LogP contribution in [0, 0.1) is 0 Å². The van der Waals surface area contributed by atoms with Gasteiger partial charge in [0.2, 0.25) is 0 Å². The molecule has 78 valence electrons. The lowest BCUT2D eigenvalue weighted by Crippen LogP contribution is -2.28. The van der Waals surface area contributed by atoms with E-state index in [1.54, 1.807) is 12.1 Å². The molecule has 1 aromatic rings. The Labute approximate surface area is 88.1 Å². The van der Waals surface area contributed by atoms with E-state index < -0.39 is 6.29 Å². The van der Waals surface area contributed by atoms with E-state index in [9.17, 15) is 0 Å². The molecule has 0 unspecified atom stereocenters. The van der Waals surface area contributed by atoms with Gasteiger partial charge in [0.05, 0.1) is 0 Å². The molecule has 0 aromatic heterocycles. The molecule has 0 saturated heterocycles. The molecule has 0 amide bonds. The van der Waals surface area contributed by atoms with E-state index in [4.69, 9.17) is 27.5 Å². The minimum Gasteiger partial charge on any atom is -0.368 e. The molecule has 14 heavy (non-hydrogen) atoms. The van der Waals surface area contributed by atoms with Crippen molar-refractivity contribution >= 4 is 11.6 Å². The largest absolute Gasteiger partial charge is 0.368 e. The van der Waals surface area contributed by atoms with Crippen LogP contribution in [0.5, 0.6) is 0 Å². The molecule has 1 aromatic carbocycles. The van der Waals surface area contributed by atoms with E-state index in [1.807, 2.05) is 12.1 Å². The Hall–Kier alpha value is -0.610. The van der Waals surface area contributed by atoms with Crippen molar-refractivity contribution in [2.75, 3.05) is 0 Å². The Morgan fingerprint density at radius 2 is 1.79 bits per heavy atom. The molecular weight excluding hydrogens is 202 g/mol. The molecule has 0 fully saturated rings. The van der Waals surface area contributed by atoms with Crippen LogP contribution < -0.4 is 5.73 Å². The highest BCUT2D eigenvalue weighted by Crippen LogP contribution is 2.11. The van der Waals surface area contributed by atoms with Crippen LogP contribution in [0.1, 0.15) is 12.0 Å². The van der Waals surface area contributed by atoms with Gasteiger partial charge in [0.1, 0.15) is 0 Å². The number of aliphatic hydroxyl groups is 2. The van der Waals surface area contributed by atoms with Crippen LogP contribution in [-0.4, -0.2) is 22.5 Å². The van der Waals surface area contributed by atoms with Crippen LogP contribution in [0.4, 0.5) is 0 Å². The van der Waals surface area contributed by atoms with Crippen LogP contribution >= 0.6 is 11.6 Å². The summed E-state index contributed by atoms with van der Waals surface area (Å²) in [5.74, 6) is 0. The molecule has 4 N–H and O–H groups in total. The van der Waals surface area contributed by atoms with E-state index in [-0.39, 0.29) is 12.5 Å². The lowest BCUT2D eigenvalue weighted by molar-refractivity contribution is -0.0491. The van der Waals surface area contributed by atoms with Gasteiger partial charge in [-0.25, -0.2) is 0 Å². The molecule has 0 aliphatic carbocycles. The average molecular weight is 216 g/mol. The van der Waals surface area contributed by atoms with Crippen molar-refractivity contribution in [2.45, 2.75) is 25.2 Å². The van der Waals surface area contributed by atoms with E-state index in [2.05, 4.69) is 0 Å². The quantitative estimate of drug-likeness (QED) is 0.655. The van der Waals surface area contributed by atoms with Crippen LogP contribution in [0.2, 0.25) is 5.02 Å². The van der Waals surface area contributed by atoms with Gasteiger partial charge in [-0.2, -0.15) is 0 Å². The van der Waals surface area contributed by atoms with Crippen molar-refractivity contribution in [3.63, 3.8) is 0 Å². The van der Waals surface area contributed by atoms with Gasteiger partial charge in [0, 0.05) is 17.5 Å². The van der Waals surface area contributed by atoms with Gasteiger partial charge in [0.15, 0.2) is 6.29 Å². The first-order valence-electron chi connectivity index (χ1n) is 4.44. The van der Waals surface area contributed by atoms with Crippen LogP contribution in [0.25, 0.3) is 0 Å². The number of benzene rings is 1. The zero-order valence-electron chi connectivity index (χ0n) is 7.73. The lowest BCUT2D eigenvalue weighted by atomic mass is 10.0. The first-order chi connectivity index (χ1) is 6.58. The maximum absolute atomic E-state index is 8.70. The second-order valence-corrected chi connectivity index (χ2v) is 3.74. The first kappa shape index (κ1) is 11.5. The maximum atomic E-state index is 8.70. The van der Waals surface area contributed by atoms with Gasteiger partial charge in [-0.3, -0.25) is 0 Å². The smallest absolute Gasteiger partial charge is 0.152 e. The molecule has 0 aliphatic rings. The van der Waals surface area contributed by atoms with Crippen LogP contribution in [0.3, 0.4) is 0 Å². The van der Waals surface area contributed by atoms with Crippen molar-refractivity contribution < 1.29 is 10.2 Å². The summed E-state index contributed by atoms with van der Waals surface area (Å²) in [6.07, 6.45) is -0.533. The van der Waals surface area contributed by atoms with E-state index in [0.29, 0.717) is 11.4 Å². The van der Waals surface area contributed by atoms with Crippen molar-refractivity contribution in [1.29, 1.82) is 0 Å². The van der Waals surface area contributed by atoms with Gasteiger partial charge in [-0.15, -0.1) is 0 Å². The van der Waals surface area contributed by atoms with Gasteiger partial charge >= 0.3 is 0 Å². The third kappa shape index (κ3) is 4.07. The summed E-state index contributed by atoms with van der Waals surface area (Å²) < 4.78 is 0. The van der Waals surface area contributed by atoms with Gasteiger partial charge in [0.25, 0.3) is 0 Å². The number of aliphatic hydroxyl groups excluding tert-OH is 1. The first-order valence-corrected chi connectivity index (χ1v) is 4.82. The fraction of sp³-hybridized carbons (Fsp3) is 0.400. The second-order valence-electron chi connectivity index (χ2n) is 3.31. The summed E-state index contributed by atoms with van der Waals surface area (Å²) in [6.45, 7) is 0. The van der Waals surface area contributed by atoms with Gasteiger partial charge in [-0.1, -0.05) is 23.7 Å². The Balaban J connectivity index is 2.47. The third-order valence-corrected chi connectivity index (χ3v) is 2.18. The van der Waals surface area contributed by atoms with E-state index in [0.717, 1.165) is 5.56 Å². The zero-order chi connectivity index (χ0) is 10.6. The summed E-state index contributed by atoms with van der Waals surface area (Å²) in [6, 6.07) is 7.10. The molecule has 4 heteroatoms. The predicted molar refractivity (Wildman–Crippen MR) is 56.0 cm³/mol. The van der Waals surface area contributed by atoms with Crippen LogP contribution in [0.15, 0.2) is 24.3 Å². The highest BCUT2D eigenvalue weighted by molar-refractivity contribution is 6.30. The Kier molecular flexibility index (Phi) is 4.35. The molecule has 0 bridgehead atoms. The van der Waals surface area contributed by atoms with E-state index >= 15 is 0 Å². The minimum absolute atomic E-state index is 0.183. The standard InChI is InChI=1S/C10H14ClNO2/c11-8-3-1-7(2-4-8)5-9(12)6-10(13)14/h1-4,9-10,13-14H,5-6,12H2/t9-/m0/s1. The number of nitrogens with two attached hydrogens (primary N) is 1. The molecule has 1 atom stereocenters. The summed E-state index contributed by atoms with van der Waals surface area (Å²) in [4.78, 5) is 0. The van der Waals surface area contributed by atoms with Crippen molar-refractivity contribution in [2.24, 2.45) is 5.73 Å². The Bertz CT molecular complexity index is 274. The number of hydrogen-bond acceptors (Lipinski definition) is 3. The van der Waals surface area contributed by atoms with Crippen molar-refractivity contribution in [3.05, 3.63) is 34.9 Å². The summed E-state index contributed by atoms with van der Waals surface area (Å²) in [5.41, 5.74) is 6.74. The Morgan fingerprint density at radius 3 is 2.29 bits per heavy atom. The fourth-order valence-electron chi connectivity index (χ4n) is 1.28. The topological polar surface area (TPSA) is 66.5 Å². The monoisotopic (exact) mass is 215 g/mol. The molecule has 0 radical (unpaired) electrons. The van der Waals surface area contributed by atoms with Crippen LogP contribution in [-0.2, 0) is 6.42 Å². The lowest BCUT2D eigenvalue weighted by Gasteiger charge is -2.12. The number of rotatable bonds is 4. The average Bonchev–Trinajstić information content (AvgIpc) is 2.07. The maximum Gasteiger partial charge on any atom is 0.152 e. The highest BCUT2D eigenvalue weighted by atomic mass is 35.5. The summed E-state index contributed by atoms with van der Waals surface area (Å²) in [7, 11) is 0. The van der Waals surface area contributed by atoms with Crippen molar-refractivity contribution in [1.82, 2.24) is 0 Å². The molecular formula is C10H14ClNO2. The normalized spacial score (nSPS) is 13.2. The predicted octanol–water partition coefficient (Wildman–Crippen LogP) is 0.911. The summed E-state index contributed by atoms with van der Waals surface area (Å²) >= 11 is 5.72. The van der Waals surface area contributed by atoms with Gasteiger partial charge in [-0.05, 0) is 24.1 Å². The molecule has 3 nitrogen and oxygen atoms in total.